The first kappa shape index (κ1) is 15.5. The molecular formula is C16H23N3O2. The molecule has 1 heterocycles. The third kappa shape index (κ3) is 3.82. The molecule has 1 aliphatic rings. The van der Waals surface area contributed by atoms with E-state index in [-0.39, 0.29) is 23.8 Å². The lowest BCUT2D eigenvalue weighted by atomic mass is 9.97. The van der Waals surface area contributed by atoms with Crippen molar-refractivity contribution in [3.63, 3.8) is 0 Å². The highest BCUT2D eigenvalue weighted by Gasteiger charge is 2.18. The fraction of sp³-hybridized carbons (Fsp3) is 0.500. The van der Waals surface area contributed by atoms with E-state index >= 15 is 0 Å². The van der Waals surface area contributed by atoms with E-state index in [2.05, 4.69) is 22.0 Å². The Kier molecular flexibility index (Phi) is 4.96. The Morgan fingerprint density at radius 3 is 2.81 bits per heavy atom. The number of benzene rings is 1. The standard InChI is InChI=1S/C16H23N3O2/c1-10(9-17-3)16(21)18-11(2)12-4-6-14-13(8-12)5-7-15(20)19-14/h4,6,8,10-11,17H,5,7,9H2,1-3H3,(H,18,21)(H,19,20). The molecule has 1 aromatic carbocycles. The lowest BCUT2D eigenvalue weighted by Gasteiger charge is -2.21. The van der Waals surface area contributed by atoms with Crippen LogP contribution in [0.4, 0.5) is 5.69 Å². The Morgan fingerprint density at radius 1 is 1.33 bits per heavy atom. The number of hydrogen-bond donors (Lipinski definition) is 3. The highest BCUT2D eigenvalue weighted by atomic mass is 16.2. The zero-order valence-corrected chi connectivity index (χ0v) is 12.8. The Labute approximate surface area is 125 Å². The number of anilines is 1. The molecule has 1 aromatic rings. The zero-order chi connectivity index (χ0) is 15.4. The van der Waals surface area contributed by atoms with Gasteiger partial charge in [-0.15, -0.1) is 0 Å². The first-order valence-electron chi connectivity index (χ1n) is 7.39. The maximum absolute atomic E-state index is 12.0. The van der Waals surface area contributed by atoms with Gasteiger partial charge in [0, 0.05) is 24.6 Å². The van der Waals surface area contributed by atoms with E-state index in [4.69, 9.17) is 0 Å². The molecule has 5 heteroatoms. The van der Waals surface area contributed by atoms with Gasteiger partial charge < -0.3 is 16.0 Å². The Balaban J connectivity index is 2.04. The number of hydrogen-bond acceptors (Lipinski definition) is 3. The summed E-state index contributed by atoms with van der Waals surface area (Å²) < 4.78 is 0. The minimum absolute atomic E-state index is 0.0419. The number of fused-ring (bicyclic) bond motifs is 1. The molecule has 2 rings (SSSR count). The lowest BCUT2D eigenvalue weighted by Crippen LogP contribution is -2.35. The van der Waals surface area contributed by atoms with Crippen molar-refractivity contribution in [3.05, 3.63) is 29.3 Å². The van der Waals surface area contributed by atoms with Crippen LogP contribution in [0.5, 0.6) is 0 Å². The van der Waals surface area contributed by atoms with Gasteiger partial charge in [0.05, 0.1) is 6.04 Å². The summed E-state index contributed by atoms with van der Waals surface area (Å²) in [6.45, 7) is 4.54. The monoisotopic (exact) mass is 289 g/mol. The number of amides is 2. The van der Waals surface area contributed by atoms with Gasteiger partial charge in [-0.2, -0.15) is 0 Å². The topological polar surface area (TPSA) is 70.2 Å². The van der Waals surface area contributed by atoms with E-state index in [1.54, 1.807) is 0 Å². The van der Waals surface area contributed by atoms with Crippen LogP contribution in [0.3, 0.4) is 0 Å². The summed E-state index contributed by atoms with van der Waals surface area (Å²) in [4.78, 5) is 23.4. The number of nitrogens with one attached hydrogen (secondary N) is 3. The maximum atomic E-state index is 12.0. The smallest absolute Gasteiger partial charge is 0.224 e. The Morgan fingerprint density at radius 2 is 2.10 bits per heavy atom. The molecule has 0 radical (unpaired) electrons. The van der Waals surface area contributed by atoms with Crippen molar-refractivity contribution < 1.29 is 9.59 Å². The molecule has 3 N–H and O–H groups in total. The predicted molar refractivity (Wildman–Crippen MR) is 83.0 cm³/mol. The van der Waals surface area contributed by atoms with Crippen LogP contribution in [0.15, 0.2) is 18.2 Å². The quantitative estimate of drug-likeness (QED) is 0.771. The average molecular weight is 289 g/mol. The molecule has 0 aliphatic carbocycles. The van der Waals surface area contributed by atoms with E-state index in [0.717, 1.165) is 23.2 Å². The normalized spacial score (nSPS) is 16.6. The molecule has 2 amide bonds. The van der Waals surface area contributed by atoms with Crippen molar-refractivity contribution in [1.29, 1.82) is 0 Å². The van der Waals surface area contributed by atoms with Gasteiger partial charge in [0.2, 0.25) is 11.8 Å². The maximum Gasteiger partial charge on any atom is 0.224 e. The number of aryl methyl sites for hydroxylation is 1. The van der Waals surface area contributed by atoms with Gasteiger partial charge in [-0.05, 0) is 37.6 Å². The second-order valence-electron chi connectivity index (χ2n) is 5.65. The third-order valence-corrected chi connectivity index (χ3v) is 3.84. The highest BCUT2D eigenvalue weighted by molar-refractivity contribution is 5.93. The van der Waals surface area contributed by atoms with E-state index in [1.165, 1.54) is 0 Å². The third-order valence-electron chi connectivity index (χ3n) is 3.84. The molecule has 114 valence electrons. The molecule has 0 aromatic heterocycles. The van der Waals surface area contributed by atoms with Crippen molar-refractivity contribution in [3.8, 4) is 0 Å². The highest BCUT2D eigenvalue weighted by Crippen LogP contribution is 2.26. The van der Waals surface area contributed by atoms with Crippen molar-refractivity contribution in [2.24, 2.45) is 5.92 Å². The summed E-state index contributed by atoms with van der Waals surface area (Å²) in [5, 5.41) is 8.90. The van der Waals surface area contributed by atoms with Gasteiger partial charge >= 0.3 is 0 Å². The van der Waals surface area contributed by atoms with Crippen molar-refractivity contribution in [2.45, 2.75) is 32.7 Å². The van der Waals surface area contributed by atoms with Gasteiger partial charge in [-0.25, -0.2) is 0 Å². The fourth-order valence-corrected chi connectivity index (χ4v) is 2.51. The Hall–Kier alpha value is -1.88. The van der Waals surface area contributed by atoms with Crippen LogP contribution in [0.1, 0.15) is 37.4 Å². The molecule has 21 heavy (non-hydrogen) atoms. The van der Waals surface area contributed by atoms with Crippen LogP contribution in [0.2, 0.25) is 0 Å². The van der Waals surface area contributed by atoms with Crippen LogP contribution in [-0.4, -0.2) is 25.4 Å². The molecule has 2 atom stereocenters. The van der Waals surface area contributed by atoms with E-state index in [0.29, 0.717) is 13.0 Å². The number of carbonyl (C=O) groups excluding carboxylic acids is 2. The molecule has 0 saturated heterocycles. The van der Waals surface area contributed by atoms with E-state index in [1.807, 2.05) is 33.0 Å². The molecule has 0 saturated carbocycles. The largest absolute Gasteiger partial charge is 0.349 e. The van der Waals surface area contributed by atoms with Crippen LogP contribution < -0.4 is 16.0 Å². The number of carbonyl (C=O) groups is 2. The second kappa shape index (κ2) is 6.72. The van der Waals surface area contributed by atoms with Crippen molar-refractivity contribution >= 4 is 17.5 Å². The minimum atomic E-state index is -0.0608. The summed E-state index contributed by atoms with van der Waals surface area (Å²) >= 11 is 0. The van der Waals surface area contributed by atoms with Crippen LogP contribution >= 0.6 is 0 Å². The molecule has 2 unspecified atom stereocenters. The van der Waals surface area contributed by atoms with Gasteiger partial charge in [-0.1, -0.05) is 19.1 Å². The minimum Gasteiger partial charge on any atom is -0.349 e. The molecular weight excluding hydrogens is 266 g/mol. The molecule has 0 fully saturated rings. The van der Waals surface area contributed by atoms with Crippen LogP contribution in [0, 0.1) is 5.92 Å². The van der Waals surface area contributed by atoms with Crippen LogP contribution in [-0.2, 0) is 16.0 Å². The first-order chi connectivity index (χ1) is 10.0. The van der Waals surface area contributed by atoms with Gasteiger partial charge in [0.25, 0.3) is 0 Å². The molecule has 5 nitrogen and oxygen atoms in total. The summed E-state index contributed by atoms with van der Waals surface area (Å²) in [7, 11) is 1.84. The number of rotatable bonds is 5. The summed E-state index contributed by atoms with van der Waals surface area (Å²) in [5.74, 6) is 0.0507. The van der Waals surface area contributed by atoms with Gasteiger partial charge in [0.1, 0.15) is 0 Å². The average Bonchev–Trinajstić information content (AvgIpc) is 2.46. The summed E-state index contributed by atoms with van der Waals surface area (Å²) in [6.07, 6.45) is 1.28. The SMILES string of the molecule is CNCC(C)C(=O)NC(C)c1ccc2c(c1)CCC(=O)N2. The summed E-state index contributed by atoms with van der Waals surface area (Å²) in [5.41, 5.74) is 3.09. The second-order valence-corrected chi connectivity index (χ2v) is 5.65. The van der Waals surface area contributed by atoms with Gasteiger partial charge in [0.15, 0.2) is 0 Å². The lowest BCUT2D eigenvalue weighted by molar-refractivity contribution is -0.125. The zero-order valence-electron chi connectivity index (χ0n) is 12.8. The van der Waals surface area contributed by atoms with Crippen molar-refractivity contribution in [1.82, 2.24) is 10.6 Å². The van der Waals surface area contributed by atoms with Gasteiger partial charge in [-0.3, -0.25) is 9.59 Å². The van der Waals surface area contributed by atoms with Crippen molar-refractivity contribution in [2.75, 3.05) is 18.9 Å². The molecule has 0 bridgehead atoms. The van der Waals surface area contributed by atoms with E-state index in [9.17, 15) is 9.59 Å². The predicted octanol–water partition coefficient (Wildman–Crippen LogP) is 1.60. The Bertz CT molecular complexity index is 542. The summed E-state index contributed by atoms with van der Waals surface area (Å²) in [6, 6.07) is 5.90. The fourth-order valence-electron chi connectivity index (χ4n) is 2.51. The molecule has 0 spiro atoms. The first-order valence-corrected chi connectivity index (χ1v) is 7.39. The van der Waals surface area contributed by atoms with Crippen LogP contribution in [0.25, 0.3) is 0 Å². The molecule has 1 aliphatic heterocycles. The van der Waals surface area contributed by atoms with E-state index < -0.39 is 0 Å².